The number of hydrogen-bond donors (Lipinski definition) is 0. The van der Waals surface area contributed by atoms with E-state index in [-0.39, 0.29) is 10.9 Å². The molecule has 0 nitrogen and oxygen atoms in total. The van der Waals surface area contributed by atoms with Crippen molar-refractivity contribution in [3.05, 3.63) is 47.0 Å². The Balaban J connectivity index is 1.30. The topological polar surface area (TPSA) is 0 Å². The summed E-state index contributed by atoms with van der Waals surface area (Å²) in [6.07, 6.45) is 17.7. The molecule has 0 aromatic heterocycles. The van der Waals surface area contributed by atoms with Gasteiger partial charge in [0.05, 0.1) is 0 Å². The molecule has 1 aromatic carbocycles. The second kappa shape index (κ2) is 9.50. The van der Waals surface area contributed by atoms with Crippen molar-refractivity contribution in [2.75, 3.05) is 0 Å². The molecule has 1 aromatic rings. The zero-order valence-corrected chi connectivity index (χ0v) is 18.3. The van der Waals surface area contributed by atoms with Gasteiger partial charge in [-0.2, -0.15) is 0 Å². The minimum Gasteiger partial charge on any atom is -0.205 e. The van der Waals surface area contributed by atoms with E-state index in [2.05, 4.69) is 12.7 Å². The smallest absolute Gasteiger partial charge is 0.145 e. The molecule has 3 saturated carbocycles. The van der Waals surface area contributed by atoms with Crippen molar-refractivity contribution >= 4 is 11.6 Å². The zero-order valence-electron chi connectivity index (χ0n) is 17.5. The van der Waals surface area contributed by atoms with Gasteiger partial charge in [0.1, 0.15) is 16.7 Å². The molecule has 0 heterocycles. The van der Waals surface area contributed by atoms with E-state index in [9.17, 15) is 8.78 Å². The highest BCUT2D eigenvalue weighted by atomic mass is 35.5. The number of allylic oxidation sites excluding steroid dienone is 1. The maximum atomic E-state index is 13.9. The summed E-state index contributed by atoms with van der Waals surface area (Å²) in [6, 6.07) is 2.93. The summed E-state index contributed by atoms with van der Waals surface area (Å²) in [6.45, 7) is 3.87. The molecular formula is C26H35ClF2. The van der Waals surface area contributed by atoms with E-state index in [1.807, 2.05) is 0 Å². The Morgan fingerprint density at radius 3 is 2.03 bits per heavy atom. The van der Waals surface area contributed by atoms with Crippen molar-refractivity contribution in [2.24, 2.45) is 29.6 Å². The lowest BCUT2D eigenvalue weighted by molar-refractivity contribution is 0.0713. The van der Waals surface area contributed by atoms with Crippen LogP contribution in [-0.4, -0.2) is 0 Å². The Bertz CT molecular complexity index is 684. The average molecular weight is 421 g/mol. The summed E-state index contributed by atoms with van der Waals surface area (Å²) < 4.78 is 27.8. The zero-order chi connectivity index (χ0) is 20.4. The molecule has 0 radical (unpaired) electrons. The standard InChI is InChI=1S/C26H35ClF2/c1-2-3-4-17-5-7-18(8-6-17)19-9-10-21-14-22(12-11-20(21)13-19)23-15-24(28)26(27)25(29)16-23/h2,15-22H,1,3-14H2. The van der Waals surface area contributed by atoms with Crippen molar-refractivity contribution in [1.82, 2.24) is 0 Å². The van der Waals surface area contributed by atoms with Crippen molar-refractivity contribution in [1.29, 1.82) is 0 Å². The highest BCUT2D eigenvalue weighted by Crippen LogP contribution is 2.51. The van der Waals surface area contributed by atoms with E-state index >= 15 is 0 Å². The van der Waals surface area contributed by atoms with Crippen LogP contribution < -0.4 is 0 Å². The maximum absolute atomic E-state index is 13.9. The highest BCUT2D eigenvalue weighted by Gasteiger charge is 2.39. The third-order valence-corrected chi connectivity index (χ3v) is 8.83. The van der Waals surface area contributed by atoms with Crippen LogP contribution in [0.15, 0.2) is 24.8 Å². The molecule has 0 aliphatic heterocycles. The van der Waals surface area contributed by atoms with Gasteiger partial charge in [0, 0.05) is 0 Å². The highest BCUT2D eigenvalue weighted by molar-refractivity contribution is 6.30. The first kappa shape index (κ1) is 21.3. The molecule has 0 bridgehead atoms. The fourth-order valence-corrected chi connectivity index (χ4v) is 6.88. The van der Waals surface area contributed by atoms with Gasteiger partial charge in [-0.05, 0) is 117 Å². The van der Waals surface area contributed by atoms with E-state index in [4.69, 9.17) is 11.6 Å². The minimum absolute atomic E-state index is 0.286. The first-order valence-corrected chi connectivity index (χ1v) is 12.2. The van der Waals surface area contributed by atoms with Crippen LogP contribution in [-0.2, 0) is 0 Å². The lowest BCUT2D eigenvalue weighted by Crippen LogP contribution is -2.34. The van der Waals surface area contributed by atoms with Crippen molar-refractivity contribution in [3.63, 3.8) is 0 Å². The molecule has 3 fully saturated rings. The van der Waals surface area contributed by atoms with E-state index in [1.165, 1.54) is 76.3 Å². The molecule has 0 saturated heterocycles. The molecule has 3 heteroatoms. The Morgan fingerprint density at radius 1 is 0.828 bits per heavy atom. The second-order valence-corrected chi connectivity index (χ2v) is 10.4. The predicted octanol–water partition coefficient (Wildman–Crippen LogP) is 8.69. The Kier molecular flexibility index (Phi) is 6.99. The molecule has 29 heavy (non-hydrogen) atoms. The summed E-state index contributed by atoms with van der Waals surface area (Å²) in [7, 11) is 0. The number of halogens is 3. The van der Waals surface area contributed by atoms with Gasteiger partial charge in [-0.15, -0.1) is 6.58 Å². The number of hydrogen-bond acceptors (Lipinski definition) is 0. The van der Waals surface area contributed by atoms with Crippen LogP contribution in [0.4, 0.5) is 8.78 Å². The van der Waals surface area contributed by atoms with Gasteiger partial charge in [0.25, 0.3) is 0 Å². The monoisotopic (exact) mass is 420 g/mol. The van der Waals surface area contributed by atoms with Gasteiger partial charge in [-0.1, -0.05) is 30.5 Å². The van der Waals surface area contributed by atoms with Crippen LogP contribution >= 0.6 is 11.6 Å². The molecule has 4 rings (SSSR count). The van der Waals surface area contributed by atoms with Gasteiger partial charge < -0.3 is 0 Å². The number of fused-ring (bicyclic) bond motifs is 1. The molecule has 4 unspecified atom stereocenters. The predicted molar refractivity (Wildman–Crippen MR) is 117 cm³/mol. The van der Waals surface area contributed by atoms with E-state index in [0.29, 0.717) is 0 Å². The summed E-state index contributed by atoms with van der Waals surface area (Å²) in [5, 5.41) is -0.373. The molecular weight excluding hydrogens is 386 g/mol. The van der Waals surface area contributed by atoms with Crippen LogP contribution in [0, 0.1) is 41.2 Å². The molecule has 3 aliphatic rings. The van der Waals surface area contributed by atoms with Crippen molar-refractivity contribution < 1.29 is 8.78 Å². The lowest BCUT2D eigenvalue weighted by Gasteiger charge is -2.45. The fraction of sp³-hybridized carbons (Fsp3) is 0.692. The number of rotatable bonds is 5. The third-order valence-electron chi connectivity index (χ3n) is 8.47. The van der Waals surface area contributed by atoms with Gasteiger partial charge in [-0.3, -0.25) is 0 Å². The van der Waals surface area contributed by atoms with Crippen molar-refractivity contribution in [2.45, 2.75) is 83.0 Å². The fourth-order valence-electron chi connectivity index (χ4n) is 6.77. The molecule has 0 amide bonds. The maximum Gasteiger partial charge on any atom is 0.145 e. The van der Waals surface area contributed by atoms with E-state index in [0.717, 1.165) is 48.0 Å². The molecule has 4 atom stereocenters. The molecule has 0 spiro atoms. The summed E-state index contributed by atoms with van der Waals surface area (Å²) >= 11 is 5.67. The van der Waals surface area contributed by atoms with Gasteiger partial charge in [-0.25, -0.2) is 8.78 Å². The van der Waals surface area contributed by atoms with Crippen LogP contribution in [0.2, 0.25) is 5.02 Å². The van der Waals surface area contributed by atoms with Crippen LogP contribution in [0.1, 0.15) is 88.5 Å². The summed E-state index contributed by atoms with van der Waals surface area (Å²) in [4.78, 5) is 0. The van der Waals surface area contributed by atoms with Crippen LogP contribution in [0.25, 0.3) is 0 Å². The quantitative estimate of drug-likeness (QED) is 0.330. The Hall–Kier alpha value is -0.890. The normalized spacial score (nSPS) is 35.1. The molecule has 160 valence electrons. The van der Waals surface area contributed by atoms with Crippen LogP contribution in [0.5, 0.6) is 0 Å². The summed E-state index contributed by atoms with van der Waals surface area (Å²) in [5.41, 5.74) is 0.808. The molecule has 3 aliphatic carbocycles. The second-order valence-electron chi connectivity index (χ2n) is 10.0. The SMILES string of the molecule is C=CCCC1CCC(C2CCC3CC(c4cc(F)c(Cl)c(F)c4)CCC3C2)CC1. The Morgan fingerprint density at radius 2 is 1.38 bits per heavy atom. The lowest BCUT2D eigenvalue weighted by atomic mass is 9.60. The van der Waals surface area contributed by atoms with Crippen LogP contribution in [0.3, 0.4) is 0 Å². The third kappa shape index (κ3) is 4.89. The molecule has 0 N–H and O–H groups in total. The van der Waals surface area contributed by atoms with Crippen molar-refractivity contribution in [3.8, 4) is 0 Å². The van der Waals surface area contributed by atoms with Gasteiger partial charge >= 0.3 is 0 Å². The first-order chi connectivity index (χ1) is 14.0. The van der Waals surface area contributed by atoms with E-state index in [1.54, 1.807) is 0 Å². The average Bonchev–Trinajstić information content (AvgIpc) is 2.75. The van der Waals surface area contributed by atoms with E-state index < -0.39 is 11.6 Å². The Labute approximate surface area is 180 Å². The van der Waals surface area contributed by atoms with Gasteiger partial charge in [0.2, 0.25) is 0 Å². The summed E-state index contributed by atoms with van der Waals surface area (Å²) in [5.74, 6) is 3.39. The largest absolute Gasteiger partial charge is 0.205 e. The number of benzene rings is 1. The minimum atomic E-state index is -0.615. The first-order valence-electron chi connectivity index (χ1n) is 11.8. The van der Waals surface area contributed by atoms with Gasteiger partial charge in [0.15, 0.2) is 0 Å².